The molecular formula is C16H23F2N. The van der Waals surface area contributed by atoms with Crippen LogP contribution in [0.2, 0.25) is 0 Å². The molecule has 0 spiro atoms. The molecule has 1 aromatic carbocycles. The summed E-state index contributed by atoms with van der Waals surface area (Å²) in [5.41, 5.74) is 0.233. The molecule has 0 bridgehead atoms. The highest BCUT2D eigenvalue weighted by atomic mass is 19.1. The lowest BCUT2D eigenvalue weighted by molar-refractivity contribution is 0.313. The summed E-state index contributed by atoms with van der Waals surface area (Å²) < 4.78 is 28.0. The zero-order valence-corrected chi connectivity index (χ0v) is 11.6. The van der Waals surface area contributed by atoms with Crippen LogP contribution in [-0.2, 0) is 0 Å². The number of halogens is 2. The van der Waals surface area contributed by atoms with Gasteiger partial charge in [-0.1, -0.05) is 38.7 Å². The number of benzene rings is 1. The molecule has 1 unspecified atom stereocenters. The zero-order chi connectivity index (χ0) is 13.7. The molecule has 1 aliphatic carbocycles. The summed E-state index contributed by atoms with van der Waals surface area (Å²) in [6, 6.07) is 3.97. The first-order chi connectivity index (χ1) is 9.24. The van der Waals surface area contributed by atoms with Crippen LogP contribution in [-0.4, -0.2) is 6.54 Å². The molecule has 106 valence electrons. The Balaban J connectivity index is 2.27. The Morgan fingerprint density at radius 1 is 1.11 bits per heavy atom. The van der Waals surface area contributed by atoms with Crippen molar-refractivity contribution in [3.63, 3.8) is 0 Å². The summed E-state index contributed by atoms with van der Waals surface area (Å²) >= 11 is 0. The minimum atomic E-state index is -0.421. The largest absolute Gasteiger partial charge is 0.310 e. The highest BCUT2D eigenvalue weighted by molar-refractivity contribution is 5.24. The van der Waals surface area contributed by atoms with Crippen molar-refractivity contribution in [1.29, 1.82) is 0 Å². The Hall–Kier alpha value is -0.960. The summed E-state index contributed by atoms with van der Waals surface area (Å²) in [5, 5.41) is 3.30. The molecule has 19 heavy (non-hydrogen) atoms. The van der Waals surface area contributed by atoms with Crippen molar-refractivity contribution in [2.45, 2.75) is 51.5 Å². The lowest BCUT2D eigenvalue weighted by atomic mass is 9.86. The number of nitrogens with one attached hydrogen (secondary N) is 1. The van der Waals surface area contributed by atoms with E-state index in [-0.39, 0.29) is 11.6 Å². The molecule has 1 aliphatic rings. The Morgan fingerprint density at radius 2 is 1.68 bits per heavy atom. The Bertz CT molecular complexity index is 377. The Labute approximate surface area is 114 Å². The molecule has 1 nitrogen and oxygen atoms in total. The van der Waals surface area contributed by atoms with Gasteiger partial charge < -0.3 is 5.32 Å². The fourth-order valence-electron chi connectivity index (χ4n) is 3.18. The smallest absolute Gasteiger partial charge is 0.130 e. The lowest BCUT2D eigenvalue weighted by Gasteiger charge is -2.28. The first-order valence-corrected chi connectivity index (χ1v) is 7.41. The van der Waals surface area contributed by atoms with Gasteiger partial charge in [-0.05, 0) is 37.4 Å². The third kappa shape index (κ3) is 3.53. The number of hydrogen-bond acceptors (Lipinski definition) is 1. The maximum Gasteiger partial charge on any atom is 0.130 e. The highest BCUT2D eigenvalue weighted by Gasteiger charge is 2.28. The van der Waals surface area contributed by atoms with Crippen LogP contribution < -0.4 is 5.32 Å². The molecule has 3 heteroatoms. The normalized spacial score (nSPS) is 19.1. The molecule has 0 aromatic heterocycles. The van der Waals surface area contributed by atoms with Crippen molar-refractivity contribution in [2.75, 3.05) is 6.54 Å². The van der Waals surface area contributed by atoms with Gasteiger partial charge in [-0.25, -0.2) is 8.78 Å². The van der Waals surface area contributed by atoms with Gasteiger partial charge in [-0.15, -0.1) is 0 Å². The molecule has 1 atom stereocenters. The molecule has 0 radical (unpaired) electrons. The van der Waals surface area contributed by atoms with E-state index in [9.17, 15) is 8.78 Å². The zero-order valence-electron chi connectivity index (χ0n) is 11.6. The van der Waals surface area contributed by atoms with E-state index in [2.05, 4.69) is 5.32 Å². The van der Waals surface area contributed by atoms with E-state index >= 15 is 0 Å². The standard InChI is InChI=1S/C16H23F2N/c1-2-19-16(12-8-5-3-4-6-9-12)15-13(17)10-7-11-14(15)18/h7,10-12,16,19H,2-6,8-9H2,1H3. The van der Waals surface area contributed by atoms with E-state index in [0.29, 0.717) is 5.92 Å². The number of rotatable bonds is 4. The van der Waals surface area contributed by atoms with Crippen molar-refractivity contribution in [3.8, 4) is 0 Å². The molecule has 1 aromatic rings. The minimum absolute atomic E-state index is 0.190. The van der Waals surface area contributed by atoms with Gasteiger partial charge in [0, 0.05) is 11.6 Å². The van der Waals surface area contributed by atoms with Crippen LogP contribution in [0.1, 0.15) is 57.1 Å². The molecule has 0 saturated heterocycles. The third-order valence-corrected chi connectivity index (χ3v) is 4.11. The van der Waals surface area contributed by atoms with Crippen LogP contribution in [0.15, 0.2) is 18.2 Å². The molecule has 0 heterocycles. The van der Waals surface area contributed by atoms with E-state index < -0.39 is 11.6 Å². The molecule has 0 aliphatic heterocycles. The fraction of sp³-hybridized carbons (Fsp3) is 0.625. The maximum atomic E-state index is 14.0. The van der Waals surface area contributed by atoms with Crippen LogP contribution >= 0.6 is 0 Å². The van der Waals surface area contributed by atoms with Gasteiger partial charge >= 0.3 is 0 Å². The predicted octanol–water partition coefficient (Wildman–Crippen LogP) is 4.59. The van der Waals surface area contributed by atoms with Gasteiger partial charge in [0.05, 0.1) is 0 Å². The SMILES string of the molecule is CCNC(c1c(F)cccc1F)C1CCCCCC1. The summed E-state index contributed by atoms with van der Waals surface area (Å²) in [7, 11) is 0. The van der Waals surface area contributed by atoms with E-state index in [0.717, 1.165) is 19.4 Å². The summed E-state index contributed by atoms with van der Waals surface area (Å²) in [5.74, 6) is -0.501. The third-order valence-electron chi connectivity index (χ3n) is 4.11. The second-order valence-corrected chi connectivity index (χ2v) is 5.42. The van der Waals surface area contributed by atoms with Gasteiger partial charge in [-0.2, -0.15) is 0 Å². The van der Waals surface area contributed by atoms with E-state index in [1.807, 2.05) is 6.92 Å². The molecule has 2 rings (SSSR count). The Kier molecular flexibility index (Phi) is 5.32. The molecule has 1 fully saturated rings. The van der Waals surface area contributed by atoms with Crippen LogP contribution in [0.4, 0.5) is 8.78 Å². The quantitative estimate of drug-likeness (QED) is 0.787. The minimum Gasteiger partial charge on any atom is -0.310 e. The second-order valence-electron chi connectivity index (χ2n) is 5.42. The molecule has 0 amide bonds. The lowest BCUT2D eigenvalue weighted by Crippen LogP contribution is -2.30. The van der Waals surface area contributed by atoms with E-state index in [1.54, 1.807) is 0 Å². The maximum absolute atomic E-state index is 14.0. The van der Waals surface area contributed by atoms with E-state index in [4.69, 9.17) is 0 Å². The molecular weight excluding hydrogens is 244 g/mol. The predicted molar refractivity (Wildman–Crippen MR) is 74.0 cm³/mol. The van der Waals surface area contributed by atoms with Crippen molar-refractivity contribution >= 4 is 0 Å². The average Bonchev–Trinajstić information content (AvgIpc) is 2.66. The summed E-state index contributed by atoms with van der Waals surface area (Å²) in [6.07, 6.45) is 6.95. The molecule has 1 saturated carbocycles. The Morgan fingerprint density at radius 3 is 2.21 bits per heavy atom. The second kappa shape index (κ2) is 6.99. The number of hydrogen-bond donors (Lipinski definition) is 1. The molecule has 1 N–H and O–H groups in total. The summed E-state index contributed by atoms with van der Waals surface area (Å²) in [6.45, 7) is 2.72. The van der Waals surface area contributed by atoms with E-state index in [1.165, 1.54) is 43.9 Å². The van der Waals surface area contributed by atoms with Crippen molar-refractivity contribution < 1.29 is 8.78 Å². The van der Waals surface area contributed by atoms with Crippen molar-refractivity contribution in [2.24, 2.45) is 5.92 Å². The van der Waals surface area contributed by atoms with Gasteiger partial charge in [-0.3, -0.25) is 0 Å². The fourth-order valence-corrected chi connectivity index (χ4v) is 3.18. The average molecular weight is 267 g/mol. The first-order valence-electron chi connectivity index (χ1n) is 7.41. The first kappa shape index (κ1) is 14.4. The van der Waals surface area contributed by atoms with Gasteiger partial charge in [0.2, 0.25) is 0 Å². The van der Waals surface area contributed by atoms with Crippen LogP contribution in [0.5, 0.6) is 0 Å². The van der Waals surface area contributed by atoms with Gasteiger partial charge in [0.15, 0.2) is 0 Å². The van der Waals surface area contributed by atoms with Crippen molar-refractivity contribution in [1.82, 2.24) is 5.32 Å². The summed E-state index contributed by atoms with van der Waals surface area (Å²) in [4.78, 5) is 0. The van der Waals surface area contributed by atoms with Crippen LogP contribution in [0.25, 0.3) is 0 Å². The van der Waals surface area contributed by atoms with Crippen LogP contribution in [0.3, 0.4) is 0 Å². The topological polar surface area (TPSA) is 12.0 Å². The highest BCUT2D eigenvalue weighted by Crippen LogP contribution is 2.35. The van der Waals surface area contributed by atoms with Gasteiger partial charge in [0.1, 0.15) is 11.6 Å². The monoisotopic (exact) mass is 267 g/mol. The van der Waals surface area contributed by atoms with Gasteiger partial charge in [0.25, 0.3) is 0 Å². The van der Waals surface area contributed by atoms with Crippen molar-refractivity contribution in [3.05, 3.63) is 35.4 Å². The van der Waals surface area contributed by atoms with Crippen LogP contribution in [0, 0.1) is 17.6 Å².